The van der Waals surface area contributed by atoms with Crippen LogP contribution in [-0.2, 0) is 11.8 Å². The van der Waals surface area contributed by atoms with E-state index < -0.39 is 11.9 Å². The average Bonchev–Trinajstić information content (AvgIpc) is 2.91. The monoisotopic (exact) mass is 349 g/mol. The molecule has 2 rings (SSSR count). The number of carbonyl (C=O) groups is 2. The van der Waals surface area contributed by atoms with Crippen LogP contribution in [0.4, 0.5) is 0 Å². The van der Waals surface area contributed by atoms with Crippen molar-refractivity contribution in [1.29, 1.82) is 0 Å². The molecule has 0 fully saturated rings. The molecule has 1 amide bonds. The SMILES string of the molecule is CCOC(=O)c1cc(C=NNC(=O)c2ccc(O)c(Cl)c2)cn1C. The van der Waals surface area contributed by atoms with Crippen molar-refractivity contribution in [3.8, 4) is 5.75 Å². The number of halogens is 1. The van der Waals surface area contributed by atoms with E-state index in [0.29, 0.717) is 17.9 Å². The smallest absolute Gasteiger partial charge is 0.354 e. The van der Waals surface area contributed by atoms with Gasteiger partial charge < -0.3 is 14.4 Å². The third-order valence-corrected chi connectivity index (χ3v) is 3.40. The van der Waals surface area contributed by atoms with Crippen LogP contribution in [0.1, 0.15) is 33.3 Å². The van der Waals surface area contributed by atoms with Gasteiger partial charge in [-0.15, -0.1) is 0 Å². The number of ether oxygens (including phenoxy) is 1. The van der Waals surface area contributed by atoms with E-state index in [4.69, 9.17) is 16.3 Å². The van der Waals surface area contributed by atoms with Gasteiger partial charge in [-0.2, -0.15) is 5.10 Å². The van der Waals surface area contributed by atoms with Crippen LogP contribution in [0.15, 0.2) is 35.6 Å². The lowest BCUT2D eigenvalue weighted by atomic mass is 10.2. The van der Waals surface area contributed by atoms with E-state index in [2.05, 4.69) is 10.5 Å². The Morgan fingerprint density at radius 2 is 2.17 bits per heavy atom. The topological polar surface area (TPSA) is 92.9 Å². The number of hydrazone groups is 1. The van der Waals surface area contributed by atoms with E-state index >= 15 is 0 Å². The normalized spacial score (nSPS) is 10.8. The fraction of sp³-hybridized carbons (Fsp3) is 0.188. The number of benzene rings is 1. The van der Waals surface area contributed by atoms with Crippen LogP contribution in [-0.4, -0.2) is 34.4 Å². The highest BCUT2D eigenvalue weighted by Crippen LogP contribution is 2.23. The van der Waals surface area contributed by atoms with Gasteiger partial charge in [0.05, 0.1) is 17.8 Å². The quantitative estimate of drug-likeness (QED) is 0.492. The number of amides is 1. The van der Waals surface area contributed by atoms with Gasteiger partial charge in [-0.1, -0.05) is 11.6 Å². The van der Waals surface area contributed by atoms with E-state index in [-0.39, 0.29) is 16.3 Å². The van der Waals surface area contributed by atoms with E-state index in [9.17, 15) is 14.7 Å². The highest BCUT2D eigenvalue weighted by molar-refractivity contribution is 6.32. The molecule has 126 valence electrons. The molecule has 2 N–H and O–H groups in total. The lowest BCUT2D eigenvalue weighted by molar-refractivity contribution is 0.0515. The summed E-state index contributed by atoms with van der Waals surface area (Å²) in [4.78, 5) is 23.6. The van der Waals surface area contributed by atoms with Crippen LogP contribution in [0.25, 0.3) is 0 Å². The second kappa shape index (κ2) is 7.65. The number of nitrogens with zero attached hydrogens (tertiary/aromatic N) is 2. The Kier molecular flexibility index (Phi) is 5.59. The van der Waals surface area contributed by atoms with Gasteiger partial charge in [0.2, 0.25) is 0 Å². The molecular weight excluding hydrogens is 334 g/mol. The second-order valence-corrected chi connectivity index (χ2v) is 5.26. The van der Waals surface area contributed by atoms with E-state index in [1.165, 1.54) is 24.4 Å². The van der Waals surface area contributed by atoms with Gasteiger partial charge in [-0.3, -0.25) is 4.79 Å². The number of aromatic nitrogens is 1. The number of esters is 1. The maximum absolute atomic E-state index is 11.9. The van der Waals surface area contributed by atoms with Gasteiger partial charge in [0.15, 0.2) is 0 Å². The lowest BCUT2D eigenvalue weighted by Crippen LogP contribution is -2.17. The Labute approximate surface area is 143 Å². The molecule has 0 radical (unpaired) electrons. The Balaban J connectivity index is 2.03. The number of aromatic hydroxyl groups is 1. The van der Waals surface area contributed by atoms with Crippen molar-refractivity contribution in [2.45, 2.75) is 6.92 Å². The van der Waals surface area contributed by atoms with Crippen LogP contribution in [0.2, 0.25) is 5.02 Å². The number of nitrogens with one attached hydrogen (secondary N) is 1. The fourth-order valence-electron chi connectivity index (χ4n) is 1.95. The molecular formula is C16H16ClN3O4. The summed E-state index contributed by atoms with van der Waals surface area (Å²) in [5.41, 5.74) is 3.61. The second-order valence-electron chi connectivity index (χ2n) is 4.86. The van der Waals surface area contributed by atoms with Gasteiger partial charge in [0.1, 0.15) is 11.4 Å². The van der Waals surface area contributed by atoms with Crippen LogP contribution >= 0.6 is 11.6 Å². The minimum atomic E-state index is -0.477. The van der Waals surface area contributed by atoms with Crippen LogP contribution < -0.4 is 5.43 Å². The number of rotatable bonds is 5. The van der Waals surface area contributed by atoms with Gasteiger partial charge in [0.25, 0.3) is 5.91 Å². The zero-order chi connectivity index (χ0) is 17.7. The minimum absolute atomic E-state index is 0.0776. The van der Waals surface area contributed by atoms with Crippen LogP contribution in [0.5, 0.6) is 5.75 Å². The molecule has 1 heterocycles. The summed E-state index contributed by atoms with van der Waals surface area (Å²) in [7, 11) is 1.71. The predicted molar refractivity (Wildman–Crippen MR) is 89.5 cm³/mol. The predicted octanol–water partition coefficient (Wildman–Crippen LogP) is 2.32. The summed E-state index contributed by atoms with van der Waals surface area (Å²) < 4.78 is 6.55. The van der Waals surface area contributed by atoms with Gasteiger partial charge in [0, 0.05) is 24.4 Å². The average molecular weight is 350 g/mol. The van der Waals surface area contributed by atoms with Crippen molar-refractivity contribution in [2.24, 2.45) is 12.1 Å². The Morgan fingerprint density at radius 3 is 2.83 bits per heavy atom. The van der Waals surface area contributed by atoms with Gasteiger partial charge in [-0.25, -0.2) is 10.2 Å². The fourth-order valence-corrected chi connectivity index (χ4v) is 2.13. The van der Waals surface area contributed by atoms with E-state index in [0.717, 1.165) is 0 Å². The third-order valence-electron chi connectivity index (χ3n) is 3.10. The lowest BCUT2D eigenvalue weighted by Gasteiger charge is -2.01. The molecule has 0 aliphatic rings. The molecule has 0 unspecified atom stereocenters. The molecule has 0 aliphatic heterocycles. The van der Waals surface area contributed by atoms with Crippen LogP contribution in [0, 0.1) is 0 Å². The van der Waals surface area contributed by atoms with Crippen molar-refractivity contribution in [3.05, 3.63) is 52.3 Å². The number of phenolic OH excluding ortho intramolecular Hbond substituents is 1. The maximum Gasteiger partial charge on any atom is 0.354 e. The summed E-state index contributed by atoms with van der Waals surface area (Å²) in [6, 6.07) is 5.69. The molecule has 0 saturated carbocycles. The largest absolute Gasteiger partial charge is 0.506 e. The molecule has 8 heteroatoms. The molecule has 7 nitrogen and oxygen atoms in total. The van der Waals surface area contributed by atoms with Gasteiger partial charge >= 0.3 is 5.97 Å². The van der Waals surface area contributed by atoms with Crippen LogP contribution in [0.3, 0.4) is 0 Å². The molecule has 1 aromatic carbocycles. The van der Waals surface area contributed by atoms with Crippen molar-refractivity contribution in [1.82, 2.24) is 9.99 Å². The van der Waals surface area contributed by atoms with Crippen molar-refractivity contribution < 1.29 is 19.4 Å². The molecule has 24 heavy (non-hydrogen) atoms. The molecule has 0 aliphatic carbocycles. The van der Waals surface area contributed by atoms with Gasteiger partial charge in [-0.05, 0) is 31.2 Å². The number of aryl methyl sites for hydroxylation is 1. The molecule has 0 bridgehead atoms. The summed E-state index contributed by atoms with van der Waals surface area (Å²) in [5, 5.41) is 13.2. The third kappa shape index (κ3) is 4.14. The highest BCUT2D eigenvalue weighted by atomic mass is 35.5. The number of carbonyl (C=O) groups excluding carboxylic acids is 2. The Morgan fingerprint density at radius 1 is 1.42 bits per heavy atom. The highest BCUT2D eigenvalue weighted by Gasteiger charge is 2.12. The summed E-state index contributed by atoms with van der Waals surface area (Å²) in [6.07, 6.45) is 3.09. The molecule has 0 atom stereocenters. The first-order valence-corrected chi connectivity index (χ1v) is 7.45. The number of hydrogen-bond acceptors (Lipinski definition) is 5. The summed E-state index contributed by atoms with van der Waals surface area (Å²) in [5.74, 6) is -1.01. The maximum atomic E-state index is 11.9. The standard InChI is InChI=1S/C16H16ClN3O4/c1-3-24-16(23)13-6-10(9-20(13)2)8-18-19-15(22)11-4-5-14(21)12(17)7-11/h4-9,21H,3H2,1-2H3,(H,19,22). The summed E-state index contributed by atoms with van der Waals surface area (Å²) >= 11 is 5.75. The molecule has 1 aromatic heterocycles. The zero-order valence-electron chi connectivity index (χ0n) is 13.1. The minimum Gasteiger partial charge on any atom is -0.506 e. The van der Waals surface area contributed by atoms with Crippen molar-refractivity contribution in [2.75, 3.05) is 6.61 Å². The number of phenols is 1. The first-order valence-electron chi connectivity index (χ1n) is 7.07. The van der Waals surface area contributed by atoms with E-state index in [1.54, 1.807) is 30.8 Å². The molecule has 2 aromatic rings. The summed E-state index contributed by atoms with van der Waals surface area (Å²) in [6.45, 7) is 2.02. The zero-order valence-corrected chi connectivity index (χ0v) is 13.9. The first-order chi connectivity index (χ1) is 11.4. The van der Waals surface area contributed by atoms with E-state index in [1.807, 2.05) is 0 Å². The Bertz CT molecular complexity index is 799. The molecule has 0 saturated heterocycles. The van der Waals surface area contributed by atoms with Crippen molar-refractivity contribution in [3.63, 3.8) is 0 Å². The Hall–Kier alpha value is -2.80. The number of hydrogen-bond donors (Lipinski definition) is 2. The first kappa shape index (κ1) is 17.6. The van der Waals surface area contributed by atoms with Crippen molar-refractivity contribution >= 4 is 29.7 Å². The molecule has 0 spiro atoms.